The predicted molar refractivity (Wildman–Crippen MR) is 53.4 cm³/mol. The second-order valence-corrected chi connectivity index (χ2v) is 4.20. The maximum absolute atomic E-state index is 5.01. The van der Waals surface area contributed by atoms with Crippen LogP contribution in [0.3, 0.4) is 0 Å². The van der Waals surface area contributed by atoms with Gasteiger partial charge in [0.2, 0.25) is 0 Å². The minimum absolute atomic E-state index is 0.560. The van der Waals surface area contributed by atoms with Crippen LogP contribution in [0.5, 0.6) is 0 Å². The summed E-state index contributed by atoms with van der Waals surface area (Å²) in [6.45, 7) is 3.08. The topological polar surface area (TPSA) is 9.23 Å². The normalized spacial score (nSPS) is 13.4. The third-order valence-corrected chi connectivity index (χ3v) is 2.44. The molecule has 0 unspecified atom stereocenters. The Kier molecular flexibility index (Phi) is 8.88. The molecule has 0 saturated carbocycles. The largest absolute Gasteiger partial charge is 0.384 e. The standard InChI is InChI=1S/C9H19BrO/c1-3-4-5-6-7-9(10)8-11-2/h9H,3-8H2,1-2H3/t9-/m0/s1. The average Bonchev–Trinajstić information content (AvgIpc) is 1.99. The number of ether oxygens (including phenoxy) is 1. The molecule has 0 aliphatic rings. The van der Waals surface area contributed by atoms with Crippen molar-refractivity contribution in [1.29, 1.82) is 0 Å². The number of halogens is 1. The van der Waals surface area contributed by atoms with E-state index >= 15 is 0 Å². The molecule has 0 aliphatic heterocycles. The third kappa shape index (κ3) is 8.35. The first-order valence-corrected chi connectivity index (χ1v) is 5.35. The number of rotatable bonds is 7. The SMILES string of the molecule is CCCCCC[C@H](Br)COC. The number of hydrogen-bond donors (Lipinski definition) is 0. The van der Waals surface area contributed by atoms with Crippen LogP contribution in [0.1, 0.15) is 39.0 Å². The smallest absolute Gasteiger partial charge is 0.0587 e. The Morgan fingerprint density at radius 3 is 2.55 bits per heavy atom. The van der Waals surface area contributed by atoms with E-state index in [1.807, 2.05) is 0 Å². The van der Waals surface area contributed by atoms with E-state index in [0.717, 1.165) is 6.61 Å². The van der Waals surface area contributed by atoms with Crippen LogP contribution < -0.4 is 0 Å². The van der Waals surface area contributed by atoms with Crippen LogP contribution in [-0.2, 0) is 4.74 Å². The van der Waals surface area contributed by atoms with Gasteiger partial charge in [-0.1, -0.05) is 48.5 Å². The molecule has 0 aromatic rings. The van der Waals surface area contributed by atoms with Gasteiger partial charge in [-0.15, -0.1) is 0 Å². The highest BCUT2D eigenvalue weighted by Gasteiger charge is 2.01. The van der Waals surface area contributed by atoms with E-state index in [0.29, 0.717) is 4.83 Å². The molecular weight excluding hydrogens is 204 g/mol. The molecule has 0 aromatic carbocycles. The fraction of sp³-hybridized carbons (Fsp3) is 1.00. The van der Waals surface area contributed by atoms with E-state index in [9.17, 15) is 0 Å². The number of alkyl halides is 1. The highest BCUT2D eigenvalue weighted by Crippen LogP contribution is 2.11. The summed E-state index contributed by atoms with van der Waals surface area (Å²) in [5.41, 5.74) is 0. The van der Waals surface area contributed by atoms with Crippen molar-refractivity contribution >= 4 is 15.9 Å². The summed E-state index contributed by atoms with van der Waals surface area (Å²) in [6.07, 6.45) is 6.62. The van der Waals surface area contributed by atoms with Crippen molar-refractivity contribution < 1.29 is 4.74 Å². The summed E-state index contributed by atoms with van der Waals surface area (Å²) < 4.78 is 5.01. The van der Waals surface area contributed by atoms with Crippen molar-refractivity contribution in [2.45, 2.75) is 43.9 Å². The summed E-state index contributed by atoms with van der Waals surface area (Å²) in [7, 11) is 1.75. The molecule has 0 fully saturated rings. The van der Waals surface area contributed by atoms with Crippen LogP contribution in [0.2, 0.25) is 0 Å². The van der Waals surface area contributed by atoms with Crippen molar-refractivity contribution in [2.75, 3.05) is 13.7 Å². The van der Waals surface area contributed by atoms with Gasteiger partial charge in [0.1, 0.15) is 0 Å². The summed E-state index contributed by atoms with van der Waals surface area (Å²) in [6, 6.07) is 0. The molecule has 0 aliphatic carbocycles. The van der Waals surface area contributed by atoms with E-state index < -0.39 is 0 Å². The Bertz CT molecular complexity index is 76.0. The molecule has 0 amide bonds. The van der Waals surface area contributed by atoms with Gasteiger partial charge in [-0.2, -0.15) is 0 Å². The lowest BCUT2D eigenvalue weighted by Gasteiger charge is -2.06. The minimum Gasteiger partial charge on any atom is -0.384 e. The van der Waals surface area contributed by atoms with Crippen molar-refractivity contribution in [2.24, 2.45) is 0 Å². The van der Waals surface area contributed by atoms with Crippen molar-refractivity contribution in [3.63, 3.8) is 0 Å². The van der Waals surface area contributed by atoms with E-state index in [-0.39, 0.29) is 0 Å². The molecular formula is C9H19BrO. The predicted octanol–water partition coefficient (Wildman–Crippen LogP) is 3.37. The zero-order valence-corrected chi connectivity index (χ0v) is 9.19. The summed E-state index contributed by atoms with van der Waals surface area (Å²) in [5.74, 6) is 0. The first-order valence-electron chi connectivity index (χ1n) is 4.44. The number of unbranched alkanes of at least 4 members (excludes halogenated alkanes) is 3. The molecule has 0 aromatic heterocycles. The summed E-state index contributed by atoms with van der Waals surface area (Å²) in [4.78, 5) is 0.560. The molecule has 0 spiro atoms. The molecule has 0 bridgehead atoms. The summed E-state index contributed by atoms with van der Waals surface area (Å²) in [5, 5.41) is 0. The van der Waals surface area contributed by atoms with Crippen LogP contribution in [0.4, 0.5) is 0 Å². The van der Waals surface area contributed by atoms with E-state index in [1.165, 1.54) is 32.1 Å². The Balaban J connectivity index is 2.97. The second kappa shape index (κ2) is 8.54. The van der Waals surface area contributed by atoms with Gasteiger partial charge >= 0.3 is 0 Å². The first-order chi connectivity index (χ1) is 5.31. The number of methoxy groups -OCH3 is 1. The Morgan fingerprint density at radius 1 is 1.27 bits per heavy atom. The van der Waals surface area contributed by atoms with Crippen LogP contribution in [0, 0.1) is 0 Å². The lowest BCUT2D eigenvalue weighted by Crippen LogP contribution is -2.05. The molecule has 0 rings (SSSR count). The average molecular weight is 223 g/mol. The van der Waals surface area contributed by atoms with E-state index in [4.69, 9.17) is 4.74 Å². The fourth-order valence-corrected chi connectivity index (χ4v) is 1.64. The molecule has 11 heavy (non-hydrogen) atoms. The van der Waals surface area contributed by atoms with Crippen molar-refractivity contribution in [3.8, 4) is 0 Å². The second-order valence-electron chi connectivity index (χ2n) is 2.90. The van der Waals surface area contributed by atoms with Crippen molar-refractivity contribution in [3.05, 3.63) is 0 Å². The minimum atomic E-state index is 0.560. The highest BCUT2D eigenvalue weighted by atomic mass is 79.9. The highest BCUT2D eigenvalue weighted by molar-refractivity contribution is 9.09. The Labute approximate surface area is 78.6 Å². The molecule has 0 heterocycles. The van der Waals surface area contributed by atoms with Crippen LogP contribution >= 0.6 is 15.9 Å². The van der Waals surface area contributed by atoms with Crippen LogP contribution in [0.25, 0.3) is 0 Å². The molecule has 0 radical (unpaired) electrons. The van der Waals surface area contributed by atoms with Gasteiger partial charge in [-0.3, -0.25) is 0 Å². The molecule has 68 valence electrons. The molecule has 1 atom stereocenters. The van der Waals surface area contributed by atoms with Gasteiger partial charge in [-0.05, 0) is 6.42 Å². The lowest BCUT2D eigenvalue weighted by atomic mass is 10.1. The van der Waals surface area contributed by atoms with Crippen molar-refractivity contribution in [1.82, 2.24) is 0 Å². The van der Waals surface area contributed by atoms with Gasteiger partial charge < -0.3 is 4.74 Å². The zero-order valence-electron chi connectivity index (χ0n) is 7.61. The fourth-order valence-electron chi connectivity index (χ4n) is 1.06. The van der Waals surface area contributed by atoms with Gasteiger partial charge in [0, 0.05) is 11.9 Å². The van der Waals surface area contributed by atoms with Gasteiger partial charge in [0.15, 0.2) is 0 Å². The van der Waals surface area contributed by atoms with Gasteiger partial charge in [0.25, 0.3) is 0 Å². The maximum atomic E-state index is 5.01. The van der Waals surface area contributed by atoms with Crippen LogP contribution in [0.15, 0.2) is 0 Å². The number of hydrogen-bond acceptors (Lipinski definition) is 1. The summed E-state index contributed by atoms with van der Waals surface area (Å²) >= 11 is 3.57. The third-order valence-electron chi connectivity index (χ3n) is 1.72. The molecule has 1 nitrogen and oxygen atoms in total. The Morgan fingerprint density at radius 2 is 2.00 bits per heavy atom. The molecule has 0 N–H and O–H groups in total. The van der Waals surface area contributed by atoms with E-state index in [2.05, 4.69) is 22.9 Å². The monoisotopic (exact) mass is 222 g/mol. The van der Waals surface area contributed by atoms with Gasteiger partial charge in [0.05, 0.1) is 6.61 Å². The Hall–Kier alpha value is 0.440. The van der Waals surface area contributed by atoms with E-state index in [1.54, 1.807) is 7.11 Å². The molecule has 2 heteroatoms. The quantitative estimate of drug-likeness (QED) is 0.475. The lowest BCUT2D eigenvalue weighted by molar-refractivity contribution is 0.197. The zero-order chi connectivity index (χ0) is 8.53. The molecule has 0 saturated heterocycles. The maximum Gasteiger partial charge on any atom is 0.0587 e. The first kappa shape index (κ1) is 11.4. The van der Waals surface area contributed by atoms with Crippen LogP contribution in [-0.4, -0.2) is 18.5 Å². The van der Waals surface area contributed by atoms with Gasteiger partial charge in [-0.25, -0.2) is 0 Å².